The van der Waals surface area contributed by atoms with Crippen LogP contribution in [0.4, 0.5) is 5.69 Å². The molecule has 1 aliphatic carbocycles. The van der Waals surface area contributed by atoms with Crippen molar-refractivity contribution in [3.05, 3.63) is 24.0 Å². The Morgan fingerprint density at radius 3 is 2.55 bits per heavy atom. The van der Waals surface area contributed by atoms with Crippen LogP contribution < -0.4 is 5.32 Å². The Bertz CT molecular complexity index is 470. The zero-order chi connectivity index (χ0) is 14.0. The van der Waals surface area contributed by atoms with Crippen LogP contribution in [0.2, 0.25) is 0 Å². The van der Waals surface area contributed by atoms with Crippen molar-refractivity contribution in [2.45, 2.75) is 44.3 Å². The number of ether oxygens (including phenoxy) is 2. The van der Waals surface area contributed by atoms with E-state index in [-0.39, 0.29) is 11.7 Å². The number of carbonyl (C=O) groups is 1. The fraction of sp³-hybridized carbons (Fsp3) is 0.600. The summed E-state index contributed by atoms with van der Waals surface area (Å²) in [6, 6.07) is 3.92. The number of rotatable bonds is 2. The molecule has 1 aromatic rings. The van der Waals surface area contributed by atoms with Gasteiger partial charge in [-0.15, -0.1) is 0 Å². The topological polar surface area (TPSA) is 60.5 Å². The second-order valence-corrected chi connectivity index (χ2v) is 5.53. The number of pyridine rings is 1. The van der Waals surface area contributed by atoms with E-state index in [9.17, 15) is 4.79 Å². The lowest BCUT2D eigenvalue weighted by atomic mass is 9.83. The molecule has 108 valence electrons. The summed E-state index contributed by atoms with van der Waals surface area (Å²) in [6.07, 6.45) is 5.67. The number of anilines is 1. The van der Waals surface area contributed by atoms with E-state index in [1.165, 1.54) is 6.92 Å². The fourth-order valence-corrected chi connectivity index (χ4v) is 3.06. The van der Waals surface area contributed by atoms with Gasteiger partial charge < -0.3 is 14.8 Å². The van der Waals surface area contributed by atoms with Crippen LogP contribution in [0.1, 0.15) is 44.2 Å². The van der Waals surface area contributed by atoms with Crippen molar-refractivity contribution in [3.8, 4) is 0 Å². The van der Waals surface area contributed by atoms with Crippen molar-refractivity contribution in [1.82, 2.24) is 4.98 Å². The predicted octanol–water partition coefficient (Wildman–Crippen LogP) is 2.44. The lowest BCUT2D eigenvalue weighted by Crippen LogP contribution is -2.34. The third-order valence-corrected chi connectivity index (χ3v) is 4.09. The highest BCUT2D eigenvalue weighted by Crippen LogP contribution is 2.41. The van der Waals surface area contributed by atoms with Crippen molar-refractivity contribution in [2.75, 3.05) is 18.5 Å². The molecule has 2 aliphatic rings. The molecule has 2 fully saturated rings. The Labute approximate surface area is 118 Å². The third kappa shape index (κ3) is 2.83. The van der Waals surface area contributed by atoms with E-state index in [1.54, 1.807) is 6.20 Å². The van der Waals surface area contributed by atoms with E-state index in [4.69, 9.17) is 9.47 Å². The summed E-state index contributed by atoms with van der Waals surface area (Å²) >= 11 is 0. The lowest BCUT2D eigenvalue weighted by Gasteiger charge is -2.35. The van der Waals surface area contributed by atoms with Gasteiger partial charge in [0.2, 0.25) is 5.91 Å². The van der Waals surface area contributed by atoms with Crippen LogP contribution in [0.5, 0.6) is 0 Å². The molecule has 1 amide bonds. The Hall–Kier alpha value is -1.46. The van der Waals surface area contributed by atoms with E-state index in [0.29, 0.717) is 19.1 Å². The molecule has 1 aliphatic heterocycles. The number of amides is 1. The number of nitrogens with zero attached hydrogens (tertiary/aromatic N) is 1. The normalized spacial score (nSPS) is 22.1. The van der Waals surface area contributed by atoms with Gasteiger partial charge in [0.25, 0.3) is 0 Å². The molecule has 0 unspecified atom stereocenters. The van der Waals surface area contributed by atoms with Crippen molar-refractivity contribution >= 4 is 11.6 Å². The highest BCUT2D eigenvalue weighted by Gasteiger charge is 2.40. The SMILES string of the molecule is CC(=O)Nc1ccc(C2CCC3(CC2)OCCO3)nc1. The molecule has 20 heavy (non-hydrogen) atoms. The van der Waals surface area contributed by atoms with Crippen LogP contribution in [-0.2, 0) is 14.3 Å². The summed E-state index contributed by atoms with van der Waals surface area (Å²) in [5.74, 6) is 0.0709. The minimum atomic E-state index is -0.313. The third-order valence-electron chi connectivity index (χ3n) is 4.09. The second-order valence-electron chi connectivity index (χ2n) is 5.53. The summed E-state index contributed by atoms with van der Waals surface area (Å²) in [5, 5.41) is 2.73. The Morgan fingerprint density at radius 1 is 1.30 bits per heavy atom. The first-order valence-electron chi connectivity index (χ1n) is 7.18. The van der Waals surface area contributed by atoms with Crippen LogP contribution in [0.25, 0.3) is 0 Å². The van der Waals surface area contributed by atoms with E-state index >= 15 is 0 Å². The number of hydrogen-bond acceptors (Lipinski definition) is 4. The molecule has 0 aromatic carbocycles. The Balaban J connectivity index is 1.61. The van der Waals surface area contributed by atoms with Gasteiger partial charge in [-0.1, -0.05) is 0 Å². The molecule has 1 N–H and O–H groups in total. The van der Waals surface area contributed by atoms with Gasteiger partial charge in [-0.3, -0.25) is 9.78 Å². The van der Waals surface area contributed by atoms with Gasteiger partial charge in [0, 0.05) is 31.4 Å². The number of carbonyl (C=O) groups excluding carboxylic acids is 1. The highest BCUT2D eigenvalue weighted by molar-refractivity contribution is 5.88. The predicted molar refractivity (Wildman–Crippen MR) is 74.4 cm³/mol. The fourth-order valence-electron chi connectivity index (χ4n) is 3.06. The smallest absolute Gasteiger partial charge is 0.221 e. The maximum atomic E-state index is 11.0. The Morgan fingerprint density at radius 2 is 2.00 bits per heavy atom. The van der Waals surface area contributed by atoms with E-state index in [2.05, 4.69) is 10.3 Å². The Kier molecular flexibility index (Phi) is 3.72. The highest BCUT2D eigenvalue weighted by atomic mass is 16.7. The second kappa shape index (κ2) is 5.50. The molecule has 0 bridgehead atoms. The largest absolute Gasteiger partial charge is 0.348 e. The van der Waals surface area contributed by atoms with Gasteiger partial charge in [0.15, 0.2) is 5.79 Å². The van der Waals surface area contributed by atoms with Gasteiger partial charge >= 0.3 is 0 Å². The molecular formula is C15H20N2O3. The molecule has 5 heteroatoms. The van der Waals surface area contributed by atoms with Gasteiger partial charge in [0.1, 0.15) is 0 Å². The van der Waals surface area contributed by atoms with Gasteiger partial charge in [0.05, 0.1) is 25.1 Å². The number of aromatic nitrogens is 1. The molecule has 1 aromatic heterocycles. The molecule has 1 spiro atoms. The van der Waals surface area contributed by atoms with Gasteiger partial charge in [-0.2, -0.15) is 0 Å². The quantitative estimate of drug-likeness (QED) is 0.901. The minimum Gasteiger partial charge on any atom is -0.348 e. The molecule has 1 saturated carbocycles. The zero-order valence-electron chi connectivity index (χ0n) is 11.7. The standard InChI is InChI=1S/C15H20N2O3/c1-11(18)17-13-2-3-14(16-10-13)12-4-6-15(7-5-12)19-8-9-20-15/h2-3,10,12H,4-9H2,1H3,(H,17,18). The molecule has 1 saturated heterocycles. The molecular weight excluding hydrogens is 256 g/mol. The first kappa shape index (κ1) is 13.5. The summed E-state index contributed by atoms with van der Waals surface area (Å²) < 4.78 is 11.5. The first-order chi connectivity index (χ1) is 9.67. The summed E-state index contributed by atoms with van der Waals surface area (Å²) in [5.41, 5.74) is 1.84. The average Bonchev–Trinajstić information content (AvgIpc) is 2.89. The minimum absolute atomic E-state index is 0.0744. The zero-order valence-corrected chi connectivity index (χ0v) is 11.7. The van der Waals surface area contributed by atoms with Crippen molar-refractivity contribution in [3.63, 3.8) is 0 Å². The van der Waals surface area contributed by atoms with Crippen LogP contribution in [0.3, 0.4) is 0 Å². The molecule has 0 atom stereocenters. The number of hydrogen-bond donors (Lipinski definition) is 1. The van der Waals surface area contributed by atoms with Crippen LogP contribution in [-0.4, -0.2) is 29.9 Å². The van der Waals surface area contributed by atoms with Crippen molar-refractivity contribution in [1.29, 1.82) is 0 Å². The van der Waals surface area contributed by atoms with Crippen LogP contribution >= 0.6 is 0 Å². The number of nitrogens with one attached hydrogen (secondary N) is 1. The lowest BCUT2D eigenvalue weighted by molar-refractivity contribution is -0.178. The molecule has 5 nitrogen and oxygen atoms in total. The monoisotopic (exact) mass is 276 g/mol. The maximum Gasteiger partial charge on any atom is 0.221 e. The van der Waals surface area contributed by atoms with E-state index in [0.717, 1.165) is 37.1 Å². The molecule has 3 rings (SSSR count). The van der Waals surface area contributed by atoms with Crippen molar-refractivity contribution in [2.24, 2.45) is 0 Å². The van der Waals surface area contributed by atoms with Crippen molar-refractivity contribution < 1.29 is 14.3 Å². The first-order valence-corrected chi connectivity index (χ1v) is 7.18. The molecule has 0 radical (unpaired) electrons. The molecule has 2 heterocycles. The van der Waals surface area contributed by atoms with E-state index in [1.807, 2.05) is 12.1 Å². The summed E-state index contributed by atoms with van der Waals surface area (Å²) in [4.78, 5) is 15.5. The van der Waals surface area contributed by atoms with E-state index < -0.39 is 0 Å². The summed E-state index contributed by atoms with van der Waals surface area (Å²) in [7, 11) is 0. The van der Waals surface area contributed by atoms with Gasteiger partial charge in [-0.05, 0) is 25.0 Å². The van der Waals surface area contributed by atoms with Crippen LogP contribution in [0, 0.1) is 0 Å². The maximum absolute atomic E-state index is 11.0. The average molecular weight is 276 g/mol. The van der Waals surface area contributed by atoms with Gasteiger partial charge in [-0.25, -0.2) is 0 Å². The van der Waals surface area contributed by atoms with Crippen LogP contribution in [0.15, 0.2) is 18.3 Å². The summed E-state index contributed by atoms with van der Waals surface area (Å²) in [6.45, 7) is 2.93.